The van der Waals surface area contributed by atoms with Gasteiger partial charge in [-0.1, -0.05) is 12.1 Å². The van der Waals surface area contributed by atoms with Gasteiger partial charge >= 0.3 is 0 Å². The van der Waals surface area contributed by atoms with Crippen molar-refractivity contribution in [1.82, 2.24) is 9.80 Å². The molecule has 2 aliphatic rings. The number of hydrogen-bond donors (Lipinski definition) is 1. The molecule has 0 aliphatic carbocycles. The number of nitrogens with zero attached hydrogens (tertiary/aromatic N) is 2. The van der Waals surface area contributed by atoms with Crippen LogP contribution in [0.1, 0.15) is 24.5 Å². The molecule has 2 fully saturated rings. The van der Waals surface area contributed by atoms with Crippen LogP contribution in [0.2, 0.25) is 0 Å². The first-order valence-electron chi connectivity index (χ1n) is 8.17. The van der Waals surface area contributed by atoms with Gasteiger partial charge in [0.2, 0.25) is 5.91 Å². The number of carbonyl (C=O) groups excluding carboxylic acids is 1. The van der Waals surface area contributed by atoms with Crippen LogP contribution in [0.5, 0.6) is 0 Å². The molecule has 1 unspecified atom stereocenters. The maximum Gasteiger partial charge on any atom is 0.236 e. The maximum atomic E-state index is 13.0. The fraction of sp³-hybridized carbons (Fsp3) is 0.588. The lowest BCUT2D eigenvalue weighted by Gasteiger charge is -2.35. The number of hydrogen-bond acceptors (Lipinski definition) is 4. The van der Waals surface area contributed by atoms with Crippen LogP contribution in [0, 0.1) is 5.82 Å². The summed E-state index contributed by atoms with van der Waals surface area (Å²) in [6.45, 7) is 3.50. The van der Waals surface area contributed by atoms with Crippen molar-refractivity contribution < 1.29 is 19.0 Å². The second-order valence-electron chi connectivity index (χ2n) is 6.26. The summed E-state index contributed by atoms with van der Waals surface area (Å²) in [6, 6.07) is 6.25. The molecule has 0 radical (unpaired) electrons. The van der Waals surface area contributed by atoms with Crippen molar-refractivity contribution in [3.8, 4) is 0 Å². The van der Waals surface area contributed by atoms with Gasteiger partial charge in [-0.3, -0.25) is 9.69 Å². The van der Waals surface area contributed by atoms with Crippen molar-refractivity contribution in [3.63, 3.8) is 0 Å². The van der Waals surface area contributed by atoms with E-state index in [1.165, 1.54) is 12.1 Å². The van der Waals surface area contributed by atoms with E-state index in [4.69, 9.17) is 4.74 Å². The number of halogens is 1. The molecule has 6 heteroatoms. The molecule has 0 spiro atoms. The Balaban J connectivity index is 1.55. The zero-order valence-electron chi connectivity index (χ0n) is 13.2. The molecule has 126 valence electrons. The number of aliphatic hydroxyl groups is 1. The summed E-state index contributed by atoms with van der Waals surface area (Å²) in [7, 11) is 0. The smallest absolute Gasteiger partial charge is 0.236 e. The lowest BCUT2D eigenvalue weighted by atomic mass is 10.1. The number of aliphatic hydroxyl groups excluding tert-OH is 1. The average molecular weight is 322 g/mol. The van der Waals surface area contributed by atoms with Gasteiger partial charge in [0.05, 0.1) is 25.8 Å². The highest BCUT2D eigenvalue weighted by molar-refractivity contribution is 5.78. The quantitative estimate of drug-likeness (QED) is 0.908. The monoisotopic (exact) mass is 322 g/mol. The molecule has 2 saturated heterocycles. The van der Waals surface area contributed by atoms with E-state index in [9.17, 15) is 14.3 Å². The van der Waals surface area contributed by atoms with Gasteiger partial charge in [0.25, 0.3) is 0 Å². The van der Waals surface area contributed by atoms with E-state index in [0.29, 0.717) is 26.2 Å². The molecule has 1 N–H and O–H groups in total. The Labute approximate surface area is 135 Å². The summed E-state index contributed by atoms with van der Waals surface area (Å²) in [6.07, 6.45) is 1.03. The lowest BCUT2D eigenvalue weighted by Crippen LogP contribution is -2.48. The summed E-state index contributed by atoms with van der Waals surface area (Å²) in [5.41, 5.74) is 0.894. The molecule has 23 heavy (non-hydrogen) atoms. The van der Waals surface area contributed by atoms with E-state index in [2.05, 4.69) is 4.90 Å². The van der Waals surface area contributed by atoms with Crippen molar-refractivity contribution in [2.24, 2.45) is 0 Å². The molecular formula is C17H23FN2O3. The number of amides is 1. The summed E-state index contributed by atoms with van der Waals surface area (Å²) in [4.78, 5) is 16.4. The van der Waals surface area contributed by atoms with Crippen molar-refractivity contribution in [2.45, 2.75) is 25.0 Å². The van der Waals surface area contributed by atoms with Crippen LogP contribution < -0.4 is 0 Å². The first-order valence-corrected chi connectivity index (χ1v) is 8.17. The summed E-state index contributed by atoms with van der Waals surface area (Å²) in [5.74, 6) is -0.179. The Bertz CT molecular complexity index is 529. The van der Waals surface area contributed by atoms with Crippen LogP contribution in [-0.4, -0.2) is 66.2 Å². The highest BCUT2D eigenvalue weighted by atomic mass is 19.1. The van der Waals surface area contributed by atoms with Gasteiger partial charge in [0.15, 0.2) is 0 Å². The fourth-order valence-electron chi connectivity index (χ4n) is 3.12. The molecule has 1 atom stereocenters. The molecule has 0 aromatic heterocycles. The number of benzene rings is 1. The minimum Gasteiger partial charge on any atom is -0.393 e. The molecule has 5 nitrogen and oxygen atoms in total. The third-order valence-corrected chi connectivity index (χ3v) is 4.58. The number of piperidine rings is 1. The van der Waals surface area contributed by atoms with Crippen LogP contribution in [0.15, 0.2) is 24.3 Å². The molecule has 1 aromatic carbocycles. The molecule has 2 heterocycles. The highest BCUT2D eigenvalue weighted by Gasteiger charge is 2.27. The van der Waals surface area contributed by atoms with Crippen LogP contribution in [0.3, 0.4) is 0 Å². The Morgan fingerprint density at radius 2 is 1.91 bits per heavy atom. The summed E-state index contributed by atoms with van der Waals surface area (Å²) >= 11 is 0. The number of carbonyl (C=O) groups is 1. The van der Waals surface area contributed by atoms with Gasteiger partial charge in [0, 0.05) is 19.6 Å². The van der Waals surface area contributed by atoms with Gasteiger partial charge in [-0.2, -0.15) is 0 Å². The van der Waals surface area contributed by atoms with Gasteiger partial charge in [-0.25, -0.2) is 4.39 Å². The normalized spacial score (nSPS) is 23.9. The van der Waals surface area contributed by atoms with Crippen molar-refractivity contribution in [2.75, 3.05) is 39.3 Å². The number of ether oxygens (including phenoxy) is 1. The first-order chi connectivity index (χ1) is 11.1. The topological polar surface area (TPSA) is 53.0 Å². The Hall–Kier alpha value is -1.50. The summed E-state index contributed by atoms with van der Waals surface area (Å²) in [5, 5.41) is 9.52. The third-order valence-electron chi connectivity index (χ3n) is 4.58. The van der Waals surface area contributed by atoms with Crippen LogP contribution >= 0.6 is 0 Å². The highest BCUT2D eigenvalue weighted by Crippen LogP contribution is 2.22. The summed E-state index contributed by atoms with van der Waals surface area (Å²) < 4.78 is 18.7. The Kier molecular flexibility index (Phi) is 5.25. The van der Waals surface area contributed by atoms with Gasteiger partial charge in [0.1, 0.15) is 11.9 Å². The second-order valence-corrected chi connectivity index (χ2v) is 6.26. The van der Waals surface area contributed by atoms with E-state index in [0.717, 1.165) is 31.5 Å². The van der Waals surface area contributed by atoms with Crippen LogP contribution in [-0.2, 0) is 9.53 Å². The Morgan fingerprint density at radius 1 is 1.22 bits per heavy atom. The van der Waals surface area contributed by atoms with Crippen LogP contribution in [0.4, 0.5) is 4.39 Å². The van der Waals surface area contributed by atoms with E-state index in [-0.39, 0.29) is 23.9 Å². The first kappa shape index (κ1) is 16.4. The second kappa shape index (κ2) is 7.38. The third kappa shape index (κ3) is 4.28. The van der Waals surface area contributed by atoms with Gasteiger partial charge in [-0.05, 0) is 30.5 Å². The number of likely N-dealkylation sites (tertiary alicyclic amines) is 1. The molecule has 3 rings (SSSR count). The number of morpholine rings is 1. The van der Waals surface area contributed by atoms with E-state index >= 15 is 0 Å². The lowest BCUT2D eigenvalue weighted by molar-refractivity contribution is -0.140. The molecule has 1 amide bonds. The minimum absolute atomic E-state index is 0.0943. The van der Waals surface area contributed by atoms with Crippen LogP contribution in [0.25, 0.3) is 0 Å². The fourth-order valence-corrected chi connectivity index (χ4v) is 3.12. The van der Waals surface area contributed by atoms with Gasteiger partial charge < -0.3 is 14.7 Å². The van der Waals surface area contributed by atoms with Crippen molar-refractivity contribution in [3.05, 3.63) is 35.6 Å². The number of rotatable bonds is 3. The van der Waals surface area contributed by atoms with E-state index in [1.807, 2.05) is 4.90 Å². The Morgan fingerprint density at radius 3 is 2.61 bits per heavy atom. The molecule has 1 aromatic rings. The predicted molar refractivity (Wildman–Crippen MR) is 83.4 cm³/mol. The average Bonchev–Trinajstić information content (AvgIpc) is 2.58. The SMILES string of the molecule is O=C(CN1CCC(O)CC1)N1CCOC(c2ccc(F)cc2)C1. The predicted octanol–water partition coefficient (Wildman–Crippen LogP) is 1.18. The minimum atomic E-state index is -0.273. The van der Waals surface area contributed by atoms with E-state index in [1.54, 1.807) is 12.1 Å². The van der Waals surface area contributed by atoms with E-state index < -0.39 is 0 Å². The molecule has 0 bridgehead atoms. The van der Waals surface area contributed by atoms with Gasteiger partial charge in [-0.15, -0.1) is 0 Å². The molecule has 2 aliphatic heterocycles. The zero-order valence-corrected chi connectivity index (χ0v) is 13.2. The largest absolute Gasteiger partial charge is 0.393 e. The molecular weight excluding hydrogens is 299 g/mol. The molecule has 0 saturated carbocycles. The van der Waals surface area contributed by atoms with Crippen molar-refractivity contribution in [1.29, 1.82) is 0 Å². The standard InChI is InChI=1S/C17H23FN2O3/c18-14-3-1-13(2-4-14)16-11-20(9-10-23-16)17(22)12-19-7-5-15(21)6-8-19/h1-4,15-16,21H,5-12H2. The van der Waals surface area contributed by atoms with Crippen molar-refractivity contribution >= 4 is 5.91 Å². The maximum absolute atomic E-state index is 13.0. The zero-order chi connectivity index (χ0) is 16.2.